The van der Waals surface area contributed by atoms with E-state index in [9.17, 15) is 23.9 Å². The van der Waals surface area contributed by atoms with E-state index >= 15 is 0 Å². The fourth-order valence-corrected chi connectivity index (χ4v) is 4.25. The van der Waals surface area contributed by atoms with Crippen molar-refractivity contribution >= 4 is 34.7 Å². The zero-order chi connectivity index (χ0) is 26.2. The average Bonchev–Trinajstić information content (AvgIpc) is 3.09. The van der Waals surface area contributed by atoms with E-state index in [1.165, 1.54) is 36.1 Å². The molecule has 7 heteroatoms. The number of carbonyl (C=O) groups is 3. The van der Waals surface area contributed by atoms with Crippen LogP contribution in [-0.4, -0.2) is 22.7 Å². The van der Waals surface area contributed by atoms with Gasteiger partial charge in [0.05, 0.1) is 11.6 Å². The number of halogens is 1. The van der Waals surface area contributed by atoms with Crippen molar-refractivity contribution in [2.24, 2.45) is 0 Å². The molecule has 2 amide bonds. The number of nitrogens with one attached hydrogen (secondary N) is 1. The number of hydrogen-bond donors (Lipinski definition) is 2. The monoisotopic (exact) mass is 486 g/mol. The van der Waals surface area contributed by atoms with Crippen LogP contribution in [0, 0.1) is 5.82 Å². The van der Waals surface area contributed by atoms with Crippen molar-refractivity contribution in [3.05, 3.63) is 101 Å². The number of Topliss-reactive ketones (excluding diaryl/α,β-unsaturated/α-hetero) is 1. The molecule has 184 valence electrons. The topological polar surface area (TPSA) is 86.7 Å². The summed E-state index contributed by atoms with van der Waals surface area (Å²) < 4.78 is 13.5. The lowest BCUT2D eigenvalue weighted by molar-refractivity contribution is -0.132. The molecule has 1 heterocycles. The molecule has 3 aromatic carbocycles. The standard InChI is InChI=1S/C29H27FN2O4/c1-17(33)31-22-13-15-23(16-14-22)32-25(18-5-9-20(10-6-18)29(2,3)4)24(27(35)28(32)36)26(34)19-7-11-21(30)12-8-19/h5-16,25,34H,1-4H3,(H,31,33)/b26-24-. The molecule has 1 fully saturated rings. The number of anilines is 2. The highest BCUT2D eigenvalue weighted by Crippen LogP contribution is 2.42. The molecule has 1 aliphatic heterocycles. The largest absolute Gasteiger partial charge is 0.507 e. The normalized spacial score (nSPS) is 17.4. The molecule has 0 radical (unpaired) electrons. The molecule has 0 saturated carbocycles. The lowest BCUT2D eigenvalue weighted by Crippen LogP contribution is -2.29. The zero-order valence-corrected chi connectivity index (χ0v) is 20.5. The molecule has 6 nitrogen and oxygen atoms in total. The highest BCUT2D eigenvalue weighted by molar-refractivity contribution is 6.51. The van der Waals surface area contributed by atoms with Gasteiger partial charge in [-0.3, -0.25) is 19.3 Å². The summed E-state index contributed by atoms with van der Waals surface area (Å²) in [5, 5.41) is 13.8. The van der Waals surface area contributed by atoms with Gasteiger partial charge >= 0.3 is 0 Å². The molecule has 0 aromatic heterocycles. The first kappa shape index (κ1) is 24.9. The van der Waals surface area contributed by atoms with E-state index in [1.54, 1.807) is 24.3 Å². The smallest absolute Gasteiger partial charge is 0.300 e. The Hall–Kier alpha value is -4.26. The molecular formula is C29H27FN2O4. The molecule has 0 spiro atoms. The predicted octanol–water partition coefficient (Wildman–Crippen LogP) is 5.71. The Morgan fingerprint density at radius 1 is 0.917 bits per heavy atom. The van der Waals surface area contributed by atoms with Crippen LogP contribution in [0.5, 0.6) is 0 Å². The fraction of sp³-hybridized carbons (Fsp3) is 0.207. The Kier molecular flexibility index (Phi) is 6.50. The van der Waals surface area contributed by atoms with Crippen LogP contribution in [0.15, 0.2) is 78.4 Å². The van der Waals surface area contributed by atoms with Gasteiger partial charge in [-0.2, -0.15) is 0 Å². The minimum atomic E-state index is -0.907. The van der Waals surface area contributed by atoms with Crippen LogP contribution in [-0.2, 0) is 19.8 Å². The van der Waals surface area contributed by atoms with Crippen molar-refractivity contribution in [1.29, 1.82) is 0 Å². The Balaban J connectivity index is 1.87. The Morgan fingerprint density at radius 3 is 2.03 bits per heavy atom. The number of rotatable bonds is 4. The summed E-state index contributed by atoms with van der Waals surface area (Å²) in [7, 11) is 0. The van der Waals surface area contributed by atoms with Crippen molar-refractivity contribution in [1.82, 2.24) is 0 Å². The highest BCUT2D eigenvalue weighted by atomic mass is 19.1. The van der Waals surface area contributed by atoms with Crippen molar-refractivity contribution in [3.8, 4) is 0 Å². The third kappa shape index (κ3) is 4.77. The highest BCUT2D eigenvalue weighted by Gasteiger charge is 2.47. The molecule has 36 heavy (non-hydrogen) atoms. The molecule has 2 N–H and O–H groups in total. The lowest BCUT2D eigenvalue weighted by atomic mass is 9.85. The number of aliphatic hydroxyl groups is 1. The summed E-state index contributed by atoms with van der Waals surface area (Å²) in [4.78, 5) is 39.2. The number of aliphatic hydroxyl groups excluding tert-OH is 1. The van der Waals surface area contributed by atoms with Gasteiger partial charge in [0, 0.05) is 23.9 Å². The predicted molar refractivity (Wildman–Crippen MR) is 137 cm³/mol. The molecule has 1 aliphatic rings. The number of nitrogens with zero attached hydrogens (tertiary/aromatic N) is 1. The third-order valence-electron chi connectivity index (χ3n) is 6.12. The first-order chi connectivity index (χ1) is 17.0. The second-order valence-corrected chi connectivity index (χ2v) is 9.78. The SMILES string of the molecule is CC(=O)Nc1ccc(N2C(=O)C(=O)/C(=C(\O)c3ccc(F)cc3)C2c2ccc(C(C)(C)C)cc2)cc1. The summed E-state index contributed by atoms with van der Waals surface area (Å²) in [5.74, 6) is -2.74. The number of benzene rings is 3. The van der Waals surface area contributed by atoms with Gasteiger partial charge in [0.1, 0.15) is 11.6 Å². The maximum absolute atomic E-state index is 13.5. The van der Waals surface area contributed by atoms with Crippen LogP contribution in [0.3, 0.4) is 0 Å². The summed E-state index contributed by atoms with van der Waals surface area (Å²) in [6.45, 7) is 7.64. The second-order valence-electron chi connectivity index (χ2n) is 9.78. The van der Waals surface area contributed by atoms with E-state index in [4.69, 9.17) is 0 Å². The second kappa shape index (κ2) is 9.41. The van der Waals surface area contributed by atoms with Crippen molar-refractivity contribution in [3.63, 3.8) is 0 Å². The molecule has 4 rings (SSSR count). The Morgan fingerprint density at radius 2 is 1.50 bits per heavy atom. The van der Waals surface area contributed by atoms with Crippen molar-refractivity contribution < 1.29 is 23.9 Å². The van der Waals surface area contributed by atoms with Crippen LogP contribution >= 0.6 is 0 Å². The van der Waals surface area contributed by atoms with E-state index in [-0.39, 0.29) is 28.2 Å². The van der Waals surface area contributed by atoms with Gasteiger partial charge in [-0.15, -0.1) is 0 Å². The van der Waals surface area contributed by atoms with Crippen LogP contribution in [0.2, 0.25) is 0 Å². The minimum Gasteiger partial charge on any atom is -0.507 e. The van der Waals surface area contributed by atoms with Gasteiger partial charge in [0.2, 0.25) is 5.91 Å². The molecule has 3 aromatic rings. The fourth-order valence-electron chi connectivity index (χ4n) is 4.25. The van der Waals surface area contributed by atoms with Gasteiger partial charge in [-0.05, 0) is 65.1 Å². The van der Waals surface area contributed by atoms with Gasteiger partial charge < -0.3 is 10.4 Å². The van der Waals surface area contributed by atoms with E-state index in [0.29, 0.717) is 16.9 Å². The van der Waals surface area contributed by atoms with Crippen LogP contribution in [0.25, 0.3) is 5.76 Å². The molecule has 1 atom stereocenters. The summed E-state index contributed by atoms with van der Waals surface area (Å²) in [6.07, 6.45) is 0. The molecule has 0 aliphatic carbocycles. The lowest BCUT2D eigenvalue weighted by Gasteiger charge is -2.27. The van der Waals surface area contributed by atoms with Crippen molar-refractivity contribution in [2.45, 2.75) is 39.2 Å². The maximum Gasteiger partial charge on any atom is 0.300 e. The van der Waals surface area contributed by atoms with Gasteiger partial charge in [-0.1, -0.05) is 45.0 Å². The van der Waals surface area contributed by atoms with E-state index < -0.39 is 23.5 Å². The quantitative estimate of drug-likeness (QED) is 0.281. The number of carbonyl (C=O) groups excluding carboxylic acids is 3. The van der Waals surface area contributed by atoms with Gasteiger partial charge in [-0.25, -0.2) is 4.39 Å². The summed E-state index contributed by atoms with van der Waals surface area (Å²) in [5.41, 5.74) is 2.72. The Labute approximate surface area is 209 Å². The first-order valence-electron chi connectivity index (χ1n) is 11.5. The van der Waals surface area contributed by atoms with E-state index in [1.807, 2.05) is 24.3 Å². The third-order valence-corrected chi connectivity index (χ3v) is 6.12. The molecular weight excluding hydrogens is 459 g/mol. The maximum atomic E-state index is 13.5. The summed E-state index contributed by atoms with van der Waals surface area (Å²) >= 11 is 0. The van der Waals surface area contributed by atoms with Crippen molar-refractivity contribution in [2.75, 3.05) is 10.2 Å². The van der Waals surface area contributed by atoms with Crippen LogP contribution in [0.1, 0.15) is 50.4 Å². The molecule has 0 bridgehead atoms. The average molecular weight is 487 g/mol. The number of amides is 2. The number of hydrogen-bond acceptors (Lipinski definition) is 4. The minimum absolute atomic E-state index is 0.0824. The van der Waals surface area contributed by atoms with Gasteiger partial charge in [0.15, 0.2) is 0 Å². The number of ketones is 1. The van der Waals surface area contributed by atoms with E-state index in [2.05, 4.69) is 26.1 Å². The van der Waals surface area contributed by atoms with Gasteiger partial charge in [0.25, 0.3) is 11.7 Å². The van der Waals surface area contributed by atoms with Crippen LogP contribution in [0.4, 0.5) is 15.8 Å². The first-order valence-corrected chi connectivity index (χ1v) is 11.5. The zero-order valence-electron chi connectivity index (χ0n) is 20.5. The molecule has 1 unspecified atom stereocenters. The Bertz CT molecular complexity index is 1350. The molecule has 1 saturated heterocycles. The van der Waals surface area contributed by atoms with Crippen LogP contribution < -0.4 is 10.2 Å². The summed E-state index contributed by atoms with van der Waals surface area (Å²) in [6, 6.07) is 18.3. The van der Waals surface area contributed by atoms with E-state index in [0.717, 1.165) is 5.56 Å².